The second kappa shape index (κ2) is 5.84. The fourth-order valence-electron chi connectivity index (χ4n) is 2.02. The van der Waals surface area contributed by atoms with Gasteiger partial charge >= 0.3 is 0 Å². The van der Waals surface area contributed by atoms with Gasteiger partial charge in [0.15, 0.2) is 0 Å². The third kappa shape index (κ3) is 3.74. The molecule has 0 bridgehead atoms. The highest BCUT2D eigenvalue weighted by Crippen LogP contribution is 2.42. The molecule has 0 fully saturated rings. The Morgan fingerprint density at radius 2 is 0.900 bits per heavy atom. The molecule has 0 radical (unpaired) electrons. The van der Waals surface area contributed by atoms with E-state index in [0.29, 0.717) is 0 Å². The van der Waals surface area contributed by atoms with Gasteiger partial charge in [-0.25, -0.2) is 0 Å². The van der Waals surface area contributed by atoms with Gasteiger partial charge in [-0.15, -0.1) is 0 Å². The van der Waals surface area contributed by atoms with Crippen molar-refractivity contribution in [3.05, 3.63) is 0 Å². The van der Waals surface area contributed by atoms with Crippen molar-refractivity contribution in [3.8, 4) is 0 Å². The molecular formula is C15H37NO2Si2. The van der Waals surface area contributed by atoms with E-state index in [1.165, 1.54) is 0 Å². The van der Waals surface area contributed by atoms with E-state index in [0.717, 1.165) is 0 Å². The maximum atomic E-state index is 10.8. The maximum Gasteiger partial charge on any atom is 0.0886 e. The minimum atomic E-state index is -1.98. The third-order valence-electron chi connectivity index (χ3n) is 6.07. The van der Waals surface area contributed by atoms with Crippen LogP contribution in [0.3, 0.4) is 0 Å². The van der Waals surface area contributed by atoms with Crippen molar-refractivity contribution in [3.63, 3.8) is 0 Å². The first-order chi connectivity index (χ1) is 8.48. The third-order valence-corrected chi connectivity index (χ3v) is 17.5. The van der Waals surface area contributed by atoms with Gasteiger partial charge in [0.1, 0.15) is 0 Å². The molecule has 20 heavy (non-hydrogen) atoms. The average Bonchev–Trinajstić information content (AvgIpc) is 2.22. The Morgan fingerprint density at radius 1 is 0.700 bits per heavy atom. The van der Waals surface area contributed by atoms with Gasteiger partial charge in [0.2, 0.25) is 0 Å². The van der Waals surface area contributed by atoms with E-state index in [1.807, 2.05) is 0 Å². The number of aliphatic hydroxyl groups excluding tert-OH is 2. The molecule has 0 saturated carbocycles. The standard InChI is InChI=1S/C15H37NO2Si2/c1-14(2,3)19(7,8)12(17)11(16)13(18)20(9,10)15(4,5)6/h11-13,17-18H,16H2,1-10H3. The van der Waals surface area contributed by atoms with Crippen LogP contribution in [0.2, 0.25) is 36.3 Å². The molecule has 0 rings (SSSR count). The summed E-state index contributed by atoms with van der Waals surface area (Å²) in [6.07, 6.45) is 0. The predicted octanol–water partition coefficient (Wildman–Crippen LogP) is 3.13. The monoisotopic (exact) mass is 319 g/mol. The van der Waals surface area contributed by atoms with Gasteiger partial charge < -0.3 is 15.9 Å². The van der Waals surface area contributed by atoms with E-state index in [2.05, 4.69) is 67.7 Å². The molecule has 0 aliphatic carbocycles. The first-order valence-corrected chi connectivity index (χ1v) is 13.7. The maximum absolute atomic E-state index is 10.8. The number of hydrogen-bond donors (Lipinski definition) is 3. The van der Waals surface area contributed by atoms with E-state index in [1.54, 1.807) is 0 Å². The molecule has 2 atom stereocenters. The lowest BCUT2D eigenvalue weighted by atomic mass is 10.2. The fraction of sp³-hybridized carbons (Fsp3) is 1.00. The molecule has 0 spiro atoms. The molecule has 0 aromatic rings. The number of aliphatic hydroxyl groups is 2. The van der Waals surface area contributed by atoms with E-state index in [4.69, 9.17) is 5.73 Å². The zero-order valence-electron chi connectivity index (χ0n) is 15.2. The minimum Gasteiger partial charge on any atom is -0.395 e. The van der Waals surface area contributed by atoms with Gasteiger partial charge in [-0.05, 0) is 10.1 Å². The Morgan fingerprint density at radius 3 is 1.05 bits per heavy atom. The van der Waals surface area contributed by atoms with Gasteiger partial charge in [0.25, 0.3) is 0 Å². The van der Waals surface area contributed by atoms with Crippen molar-refractivity contribution in [1.29, 1.82) is 0 Å². The van der Waals surface area contributed by atoms with Gasteiger partial charge in [0, 0.05) is 0 Å². The van der Waals surface area contributed by atoms with Crippen molar-refractivity contribution in [1.82, 2.24) is 0 Å². The number of hydrogen-bond acceptors (Lipinski definition) is 3. The highest BCUT2D eigenvalue weighted by atomic mass is 28.3. The molecule has 0 heterocycles. The van der Waals surface area contributed by atoms with Crippen LogP contribution in [-0.4, -0.2) is 43.9 Å². The zero-order chi connectivity index (χ0) is 16.7. The number of rotatable bonds is 4. The summed E-state index contributed by atoms with van der Waals surface area (Å²) in [7, 11) is -3.96. The lowest BCUT2D eigenvalue weighted by Crippen LogP contribution is -2.66. The fourth-order valence-corrected chi connectivity index (χ4v) is 6.28. The second-order valence-electron chi connectivity index (χ2n) is 9.41. The van der Waals surface area contributed by atoms with Crippen LogP contribution in [0, 0.1) is 0 Å². The van der Waals surface area contributed by atoms with Crippen molar-refractivity contribution in [2.75, 3.05) is 0 Å². The normalized spacial score (nSPS) is 19.6. The summed E-state index contributed by atoms with van der Waals surface area (Å²) in [5.41, 5.74) is 5.11. The molecule has 122 valence electrons. The summed E-state index contributed by atoms with van der Waals surface area (Å²) in [5, 5.41) is 21.7. The van der Waals surface area contributed by atoms with Crippen LogP contribution in [-0.2, 0) is 0 Å². The van der Waals surface area contributed by atoms with Gasteiger partial charge in [-0.1, -0.05) is 67.7 Å². The molecule has 0 aliphatic rings. The lowest BCUT2D eigenvalue weighted by Gasteiger charge is -2.48. The summed E-state index contributed by atoms with van der Waals surface area (Å²) in [6.45, 7) is 21.6. The van der Waals surface area contributed by atoms with Crippen LogP contribution in [0.4, 0.5) is 0 Å². The molecule has 0 saturated heterocycles. The summed E-state index contributed by atoms with van der Waals surface area (Å²) in [5.74, 6) is 0. The van der Waals surface area contributed by atoms with Crippen LogP contribution in [0.5, 0.6) is 0 Å². The minimum absolute atomic E-state index is 0.0528. The van der Waals surface area contributed by atoms with Crippen LogP contribution in [0.15, 0.2) is 0 Å². The second-order valence-corrected chi connectivity index (χ2v) is 20.5. The smallest absolute Gasteiger partial charge is 0.0886 e. The topological polar surface area (TPSA) is 66.5 Å². The summed E-state index contributed by atoms with van der Waals surface area (Å²) in [4.78, 5) is 0. The Balaban J connectivity index is 5.33. The molecule has 0 amide bonds. The van der Waals surface area contributed by atoms with E-state index in [9.17, 15) is 10.2 Å². The van der Waals surface area contributed by atoms with Gasteiger partial charge in [0.05, 0.1) is 33.6 Å². The van der Waals surface area contributed by atoms with E-state index >= 15 is 0 Å². The lowest BCUT2D eigenvalue weighted by molar-refractivity contribution is 0.124. The van der Waals surface area contributed by atoms with Crippen LogP contribution >= 0.6 is 0 Å². The summed E-state index contributed by atoms with van der Waals surface area (Å²) in [6, 6.07) is -0.545. The average molecular weight is 320 g/mol. The van der Waals surface area contributed by atoms with Gasteiger partial charge in [-0.2, -0.15) is 0 Å². The molecule has 5 heteroatoms. The Bertz CT molecular complexity index is 298. The Labute approximate surface area is 128 Å². The van der Waals surface area contributed by atoms with E-state index in [-0.39, 0.29) is 10.1 Å². The molecular weight excluding hydrogens is 282 g/mol. The highest BCUT2D eigenvalue weighted by molar-refractivity contribution is 6.83. The SMILES string of the molecule is CC(C)(C)[Si](C)(C)C(O)C(N)C(O)[Si](C)(C)C(C)(C)C. The molecule has 4 N–H and O–H groups in total. The molecule has 2 unspecified atom stereocenters. The Kier molecular flexibility index (Phi) is 5.93. The van der Waals surface area contributed by atoms with Crippen LogP contribution in [0.1, 0.15) is 41.5 Å². The first-order valence-electron chi connectivity index (χ1n) is 7.59. The van der Waals surface area contributed by atoms with Gasteiger partial charge in [-0.3, -0.25) is 0 Å². The number of nitrogens with two attached hydrogens (primary N) is 1. The largest absolute Gasteiger partial charge is 0.395 e. The summed E-state index contributed by atoms with van der Waals surface area (Å²) >= 11 is 0. The van der Waals surface area contributed by atoms with Crippen LogP contribution < -0.4 is 5.73 Å². The Hall–Kier alpha value is 0.314. The van der Waals surface area contributed by atoms with Crippen molar-refractivity contribution < 1.29 is 10.2 Å². The van der Waals surface area contributed by atoms with Crippen molar-refractivity contribution in [2.45, 2.75) is 95.3 Å². The molecule has 0 aromatic heterocycles. The highest BCUT2D eigenvalue weighted by Gasteiger charge is 2.51. The quantitative estimate of drug-likeness (QED) is 0.697. The van der Waals surface area contributed by atoms with Crippen molar-refractivity contribution >= 4 is 16.1 Å². The molecule has 0 aliphatic heterocycles. The predicted molar refractivity (Wildman–Crippen MR) is 94.4 cm³/mol. The molecule has 3 nitrogen and oxygen atoms in total. The van der Waals surface area contributed by atoms with E-state index < -0.39 is 33.6 Å². The summed E-state index contributed by atoms with van der Waals surface area (Å²) < 4.78 is 0. The molecule has 0 aromatic carbocycles. The van der Waals surface area contributed by atoms with Crippen LogP contribution in [0.25, 0.3) is 0 Å². The first kappa shape index (κ1) is 20.3. The zero-order valence-corrected chi connectivity index (χ0v) is 17.2. The van der Waals surface area contributed by atoms with Crippen molar-refractivity contribution in [2.24, 2.45) is 5.73 Å².